The van der Waals surface area contributed by atoms with E-state index in [9.17, 15) is 14.9 Å². The molecule has 17 heavy (non-hydrogen) atoms. The quantitative estimate of drug-likeness (QED) is 0.490. The van der Waals surface area contributed by atoms with Crippen molar-refractivity contribution in [1.29, 1.82) is 0 Å². The number of methoxy groups -OCH3 is 1. The zero-order valence-electron chi connectivity index (χ0n) is 9.31. The van der Waals surface area contributed by atoms with Crippen molar-refractivity contribution in [2.24, 2.45) is 0 Å². The lowest BCUT2D eigenvalue weighted by Gasteiger charge is -2.00. The molecule has 6 nitrogen and oxygen atoms in total. The zero-order chi connectivity index (χ0) is 12.6. The van der Waals surface area contributed by atoms with Crippen LogP contribution in [0.1, 0.15) is 15.9 Å². The van der Waals surface area contributed by atoms with Crippen molar-refractivity contribution in [3.63, 3.8) is 0 Å². The van der Waals surface area contributed by atoms with Gasteiger partial charge in [-0.1, -0.05) is 6.07 Å². The molecule has 0 saturated carbocycles. The molecule has 1 heterocycles. The minimum atomic E-state index is -0.514. The minimum Gasteiger partial charge on any atom is -0.465 e. The van der Waals surface area contributed by atoms with Crippen LogP contribution in [0.4, 0.5) is 5.69 Å². The van der Waals surface area contributed by atoms with Crippen LogP contribution in [-0.2, 0) is 4.74 Å². The molecule has 2 aromatic rings. The van der Waals surface area contributed by atoms with Crippen LogP contribution in [-0.4, -0.2) is 23.0 Å². The lowest BCUT2D eigenvalue weighted by Crippen LogP contribution is -2.00. The summed E-state index contributed by atoms with van der Waals surface area (Å²) in [4.78, 5) is 24.6. The Morgan fingerprint density at radius 1 is 1.47 bits per heavy atom. The molecule has 2 rings (SSSR count). The third kappa shape index (κ3) is 1.63. The number of aromatic amines is 1. The van der Waals surface area contributed by atoms with Gasteiger partial charge in [-0.05, 0) is 12.5 Å². The number of carbonyl (C=O) groups excluding carboxylic acids is 1. The molecular formula is C11H10N2O4. The van der Waals surface area contributed by atoms with E-state index in [1.807, 2.05) is 0 Å². The molecule has 6 heteroatoms. The van der Waals surface area contributed by atoms with Crippen LogP contribution in [0.15, 0.2) is 18.3 Å². The highest BCUT2D eigenvalue weighted by Gasteiger charge is 2.20. The summed E-state index contributed by atoms with van der Waals surface area (Å²) in [6, 6.07) is 3.02. The Morgan fingerprint density at radius 2 is 2.18 bits per heavy atom. The van der Waals surface area contributed by atoms with Crippen molar-refractivity contribution in [1.82, 2.24) is 4.98 Å². The lowest BCUT2D eigenvalue weighted by molar-refractivity contribution is -0.383. The highest BCUT2D eigenvalue weighted by molar-refractivity contribution is 6.07. The first-order chi connectivity index (χ1) is 8.06. The highest BCUT2D eigenvalue weighted by Crippen LogP contribution is 2.30. The van der Waals surface area contributed by atoms with Crippen LogP contribution < -0.4 is 0 Å². The number of benzene rings is 1. The summed E-state index contributed by atoms with van der Waals surface area (Å²) in [6.45, 7) is 1.78. The first kappa shape index (κ1) is 11.1. The van der Waals surface area contributed by atoms with Crippen molar-refractivity contribution >= 4 is 22.6 Å². The van der Waals surface area contributed by atoms with Crippen LogP contribution in [0.5, 0.6) is 0 Å². The number of nitro benzene ring substituents is 1. The van der Waals surface area contributed by atoms with Crippen LogP contribution in [0, 0.1) is 17.0 Å². The maximum absolute atomic E-state index is 11.5. The summed E-state index contributed by atoms with van der Waals surface area (Å²) in [5, 5.41) is 11.4. The smallest absolute Gasteiger partial charge is 0.340 e. The van der Waals surface area contributed by atoms with Crippen LogP contribution >= 0.6 is 0 Å². The highest BCUT2D eigenvalue weighted by atomic mass is 16.6. The molecule has 0 aliphatic carbocycles. The molecule has 1 aromatic carbocycles. The van der Waals surface area contributed by atoms with E-state index in [0.29, 0.717) is 16.5 Å². The van der Waals surface area contributed by atoms with Gasteiger partial charge in [-0.2, -0.15) is 0 Å². The lowest BCUT2D eigenvalue weighted by atomic mass is 10.1. The van der Waals surface area contributed by atoms with Gasteiger partial charge in [0.1, 0.15) is 5.52 Å². The average Bonchev–Trinajstić information content (AvgIpc) is 2.73. The fourth-order valence-corrected chi connectivity index (χ4v) is 1.83. The van der Waals surface area contributed by atoms with Gasteiger partial charge in [-0.15, -0.1) is 0 Å². The summed E-state index contributed by atoms with van der Waals surface area (Å²) in [6.07, 6.45) is 1.43. The Balaban J connectivity index is 2.80. The number of aromatic nitrogens is 1. The first-order valence-electron chi connectivity index (χ1n) is 4.89. The van der Waals surface area contributed by atoms with Crippen LogP contribution in [0.3, 0.4) is 0 Å². The van der Waals surface area contributed by atoms with E-state index in [1.165, 1.54) is 19.4 Å². The number of rotatable bonds is 2. The average molecular weight is 234 g/mol. The number of hydrogen-bond donors (Lipinski definition) is 1. The number of nitrogens with zero attached hydrogens (tertiary/aromatic N) is 1. The second-order valence-electron chi connectivity index (χ2n) is 3.60. The molecular weight excluding hydrogens is 224 g/mol. The van der Waals surface area contributed by atoms with Crippen LogP contribution in [0.25, 0.3) is 10.9 Å². The van der Waals surface area contributed by atoms with E-state index in [2.05, 4.69) is 9.72 Å². The number of hydrogen-bond acceptors (Lipinski definition) is 4. The summed E-state index contributed by atoms with van der Waals surface area (Å²) >= 11 is 0. The molecule has 0 spiro atoms. The summed E-state index contributed by atoms with van der Waals surface area (Å²) in [7, 11) is 1.27. The Bertz CT molecular complexity index is 615. The largest absolute Gasteiger partial charge is 0.465 e. The number of nitro groups is 1. The molecule has 88 valence electrons. The van der Waals surface area contributed by atoms with E-state index in [-0.39, 0.29) is 5.69 Å². The second kappa shape index (κ2) is 3.89. The number of aryl methyl sites for hydroxylation is 1. The predicted octanol–water partition coefficient (Wildman–Crippen LogP) is 2.17. The van der Waals surface area contributed by atoms with Gasteiger partial charge in [0.2, 0.25) is 0 Å². The molecule has 0 radical (unpaired) electrons. The number of ether oxygens (including phenoxy) is 1. The summed E-state index contributed by atoms with van der Waals surface area (Å²) in [5.41, 5.74) is 1.38. The SMILES string of the molecule is COC(=O)c1c[nH]c2c([N+](=O)[O-])ccc(C)c12. The Labute approximate surface area is 96.3 Å². The number of nitrogens with one attached hydrogen (secondary N) is 1. The molecule has 0 saturated heterocycles. The molecule has 0 aliphatic heterocycles. The van der Waals surface area contributed by atoms with Gasteiger partial charge in [0.05, 0.1) is 17.6 Å². The zero-order valence-corrected chi connectivity index (χ0v) is 9.31. The molecule has 0 fully saturated rings. The van der Waals surface area contributed by atoms with E-state index < -0.39 is 10.9 Å². The summed E-state index contributed by atoms with van der Waals surface area (Å²) in [5.74, 6) is -0.514. The van der Waals surface area contributed by atoms with E-state index >= 15 is 0 Å². The van der Waals surface area contributed by atoms with Gasteiger partial charge in [-0.3, -0.25) is 10.1 Å². The molecule has 1 N–H and O–H groups in total. The van der Waals surface area contributed by atoms with Gasteiger partial charge in [0.15, 0.2) is 0 Å². The van der Waals surface area contributed by atoms with Crippen molar-refractivity contribution in [2.45, 2.75) is 6.92 Å². The first-order valence-corrected chi connectivity index (χ1v) is 4.89. The standard InChI is InChI=1S/C11H10N2O4/c1-6-3-4-8(13(15)16)10-9(6)7(5-12-10)11(14)17-2/h3-5,12H,1-2H3. The van der Waals surface area contributed by atoms with E-state index in [0.717, 1.165) is 5.56 Å². The third-order valence-corrected chi connectivity index (χ3v) is 2.62. The fourth-order valence-electron chi connectivity index (χ4n) is 1.83. The Hall–Kier alpha value is -2.37. The normalized spacial score (nSPS) is 10.5. The molecule has 1 aromatic heterocycles. The maximum Gasteiger partial charge on any atom is 0.340 e. The van der Waals surface area contributed by atoms with Gasteiger partial charge >= 0.3 is 5.97 Å². The number of H-pyrrole nitrogens is 1. The molecule has 0 unspecified atom stereocenters. The van der Waals surface area contributed by atoms with Gasteiger partial charge in [0, 0.05) is 17.6 Å². The Kier molecular flexibility index (Phi) is 2.55. The van der Waals surface area contributed by atoms with Crippen LogP contribution in [0.2, 0.25) is 0 Å². The number of carbonyl (C=O) groups is 1. The minimum absolute atomic E-state index is 0.0549. The van der Waals surface area contributed by atoms with E-state index in [1.54, 1.807) is 13.0 Å². The second-order valence-corrected chi connectivity index (χ2v) is 3.60. The van der Waals surface area contributed by atoms with Gasteiger partial charge < -0.3 is 9.72 Å². The molecule has 0 atom stereocenters. The number of non-ortho nitro benzene ring substituents is 1. The maximum atomic E-state index is 11.5. The topological polar surface area (TPSA) is 85.2 Å². The third-order valence-electron chi connectivity index (χ3n) is 2.62. The molecule has 0 amide bonds. The number of fused-ring (bicyclic) bond motifs is 1. The van der Waals surface area contributed by atoms with Gasteiger partial charge in [-0.25, -0.2) is 4.79 Å². The van der Waals surface area contributed by atoms with Crippen molar-refractivity contribution < 1.29 is 14.5 Å². The summed E-state index contributed by atoms with van der Waals surface area (Å²) < 4.78 is 4.63. The van der Waals surface area contributed by atoms with Crippen molar-refractivity contribution in [2.75, 3.05) is 7.11 Å². The predicted molar refractivity (Wildman–Crippen MR) is 61.0 cm³/mol. The van der Waals surface area contributed by atoms with Gasteiger partial charge in [0.25, 0.3) is 5.69 Å². The van der Waals surface area contributed by atoms with Crippen molar-refractivity contribution in [3.05, 3.63) is 39.6 Å². The fraction of sp³-hybridized carbons (Fsp3) is 0.182. The monoisotopic (exact) mass is 234 g/mol. The number of esters is 1. The van der Waals surface area contributed by atoms with Crippen molar-refractivity contribution in [3.8, 4) is 0 Å². The molecule has 0 aliphatic rings. The Morgan fingerprint density at radius 3 is 2.76 bits per heavy atom. The van der Waals surface area contributed by atoms with E-state index in [4.69, 9.17) is 0 Å². The molecule has 0 bridgehead atoms.